The lowest BCUT2D eigenvalue weighted by atomic mass is 10.2. The second-order valence-electron chi connectivity index (χ2n) is 4.40. The Balaban J connectivity index is 2.34. The molecular formula is C14H10N2O4S. The molecule has 0 aliphatic rings. The summed E-state index contributed by atoms with van der Waals surface area (Å²) in [5, 5.41) is 11.6. The highest BCUT2D eigenvalue weighted by Gasteiger charge is 2.23. The van der Waals surface area contributed by atoms with Crippen molar-refractivity contribution in [1.29, 1.82) is 0 Å². The molecule has 0 bridgehead atoms. The summed E-state index contributed by atoms with van der Waals surface area (Å²) in [6, 6.07) is 13.8. The molecule has 0 radical (unpaired) electrons. The van der Waals surface area contributed by atoms with Crippen molar-refractivity contribution in [2.24, 2.45) is 0 Å². The number of rotatable bonds is 3. The van der Waals surface area contributed by atoms with Crippen LogP contribution in [0.15, 0.2) is 65.7 Å². The van der Waals surface area contributed by atoms with Gasteiger partial charge in [0, 0.05) is 17.6 Å². The number of fused-ring (bicyclic) bond motifs is 1. The highest BCUT2D eigenvalue weighted by Crippen LogP contribution is 2.29. The summed E-state index contributed by atoms with van der Waals surface area (Å²) in [5.41, 5.74) is -0.164. The monoisotopic (exact) mass is 302 g/mol. The van der Waals surface area contributed by atoms with E-state index in [-0.39, 0.29) is 16.1 Å². The lowest BCUT2D eigenvalue weighted by Gasteiger charge is -2.07. The first-order valence-electron chi connectivity index (χ1n) is 6.07. The van der Waals surface area contributed by atoms with E-state index in [0.29, 0.717) is 5.39 Å². The van der Waals surface area contributed by atoms with Gasteiger partial charge in [-0.25, -0.2) is 12.4 Å². The summed E-state index contributed by atoms with van der Waals surface area (Å²) >= 11 is 0. The molecule has 1 aromatic heterocycles. The SMILES string of the molecule is O=[N+]([O-])c1cccc2ccn(S(=O)(=O)c3ccccc3)c12. The van der Waals surface area contributed by atoms with Crippen LogP contribution in [0.5, 0.6) is 0 Å². The van der Waals surface area contributed by atoms with Gasteiger partial charge in [0.2, 0.25) is 0 Å². The Kier molecular flexibility index (Phi) is 2.99. The first-order valence-corrected chi connectivity index (χ1v) is 7.51. The first-order chi connectivity index (χ1) is 10.0. The fourth-order valence-corrected chi connectivity index (χ4v) is 3.59. The predicted octanol–water partition coefficient (Wildman–Crippen LogP) is 2.79. The van der Waals surface area contributed by atoms with E-state index in [2.05, 4.69) is 0 Å². The minimum Gasteiger partial charge on any atom is -0.258 e. The average molecular weight is 302 g/mol. The molecule has 7 heteroatoms. The Morgan fingerprint density at radius 1 is 0.952 bits per heavy atom. The van der Waals surface area contributed by atoms with Gasteiger partial charge in [-0.05, 0) is 18.2 Å². The molecule has 0 unspecified atom stereocenters. The Hall–Kier alpha value is -2.67. The van der Waals surface area contributed by atoms with Crippen LogP contribution in [0.4, 0.5) is 5.69 Å². The van der Waals surface area contributed by atoms with E-state index in [1.807, 2.05) is 0 Å². The summed E-state index contributed by atoms with van der Waals surface area (Å²) in [4.78, 5) is 10.6. The number of benzene rings is 2. The Morgan fingerprint density at radius 3 is 2.33 bits per heavy atom. The van der Waals surface area contributed by atoms with Gasteiger partial charge in [-0.1, -0.05) is 30.3 Å². The highest BCUT2D eigenvalue weighted by atomic mass is 32.2. The van der Waals surface area contributed by atoms with Crippen LogP contribution in [0.25, 0.3) is 10.9 Å². The van der Waals surface area contributed by atoms with Gasteiger partial charge in [-0.2, -0.15) is 0 Å². The average Bonchev–Trinajstić information content (AvgIpc) is 2.92. The third-order valence-electron chi connectivity index (χ3n) is 3.15. The van der Waals surface area contributed by atoms with E-state index in [1.165, 1.54) is 30.5 Å². The maximum absolute atomic E-state index is 12.6. The van der Waals surface area contributed by atoms with Crippen molar-refractivity contribution in [2.45, 2.75) is 4.90 Å². The van der Waals surface area contributed by atoms with Gasteiger partial charge in [0.05, 0.1) is 9.82 Å². The van der Waals surface area contributed by atoms with Gasteiger partial charge >= 0.3 is 0 Å². The van der Waals surface area contributed by atoms with Crippen molar-refractivity contribution in [3.8, 4) is 0 Å². The molecular weight excluding hydrogens is 292 g/mol. The maximum atomic E-state index is 12.6. The quantitative estimate of drug-likeness (QED) is 0.550. The normalized spacial score (nSPS) is 11.6. The Morgan fingerprint density at radius 2 is 1.67 bits per heavy atom. The van der Waals surface area contributed by atoms with Crippen molar-refractivity contribution in [2.75, 3.05) is 0 Å². The minimum atomic E-state index is -3.87. The van der Waals surface area contributed by atoms with E-state index >= 15 is 0 Å². The van der Waals surface area contributed by atoms with Gasteiger partial charge in [-0.15, -0.1) is 0 Å². The van der Waals surface area contributed by atoms with E-state index < -0.39 is 14.9 Å². The molecule has 106 valence electrons. The molecule has 1 heterocycles. The topological polar surface area (TPSA) is 82.2 Å². The number of nitro groups is 1. The van der Waals surface area contributed by atoms with Crippen LogP contribution in [-0.2, 0) is 10.0 Å². The van der Waals surface area contributed by atoms with Crippen LogP contribution in [0.3, 0.4) is 0 Å². The van der Waals surface area contributed by atoms with E-state index in [0.717, 1.165) is 3.97 Å². The molecule has 3 rings (SSSR count). The van der Waals surface area contributed by atoms with Crippen LogP contribution in [0.1, 0.15) is 0 Å². The van der Waals surface area contributed by atoms with Crippen molar-refractivity contribution < 1.29 is 13.3 Å². The second-order valence-corrected chi connectivity index (χ2v) is 6.22. The highest BCUT2D eigenvalue weighted by molar-refractivity contribution is 7.90. The van der Waals surface area contributed by atoms with Crippen molar-refractivity contribution in [1.82, 2.24) is 3.97 Å². The zero-order valence-corrected chi connectivity index (χ0v) is 11.5. The number of para-hydroxylation sites is 1. The van der Waals surface area contributed by atoms with Crippen LogP contribution < -0.4 is 0 Å². The minimum absolute atomic E-state index is 0.0753. The molecule has 0 N–H and O–H groups in total. The molecule has 0 amide bonds. The number of nitrogens with zero attached hydrogens (tertiary/aromatic N) is 2. The third-order valence-corrected chi connectivity index (χ3v) is 4.84. The van der Waals surface area contributed by atoms with Crippen molar-refractivity contribution >= 4 is 26.6 Å². The lowest BCUT2D eigenvalue weighted by molar-refractivity contribution is -0.383. The summed E-state index contributed by atoms with van der Waals surface area (Å²) in [6.07, 6.45) is 1.33. The number of non-ortho nitro benzene ring substituents is 1. The van der Waals surface area contributed by atoms with Crippen LogP contribution in [0, 0.1) is 10.1 Å². The molecule has 21 heavy (non-hydrogen) atoms. The van der Waals surface area contributed by atoms with Crippen molar-refractivity contribution in [3.63, 3.8) is 0 Å². The summed E-state index contributed by atoms with van der Waals surface area (Å²) < 4.78 is 26.2. The molecule has 3 aromatic rings. The second kappa shape index (κ2) is 4.71. The van der Waals surface area contributed by atoms with Crippen LogP contribution >= 0.6 is 0 Å². The summed E-state index contributed by atoms with van der Waals surface area (Å²) in [5.74, 6) is 0. The van der Waals surface area contributed by atoms with E-state index in [4.69, 9.17) is 0 Å². The zero-order valence-electron chi connectivity index (χ0n) is 10.7. The fraction of sp³-hybridized carbons (Fsp3) is 0. The molecule has 2 aromatic carbocycles. The molecule has 0 atom stereocenters. The van der Waals surface area contributed by atoms with E-state index in [9.17, 15) is 18.5 Å². The molecule has 0 aliphatic carbocycles. The van der Waals surface area contributed by atoms with Gasteiger partial charge < -0.3 is 0 Å². The van der Waals surface area contributed by atoms with Gasteiger partial charge in [0.15, 0.2) is 0 Å². The van der Waals surface area contributed by atoms with Gasteiger partial charge in [-0.3, -0.25) is 10.1 Å². The number of hydrogen-bond acceptors (Lipinski definition) is 4. The summed E-state index contributed by atoms with van der Waals surface area (Å²) in [7, 11) is -3.87. The smallest absolute Gasteiger partial charge is 0.258 e. The number of hydrogen-bond donors (Lipinski definition) is 0. The zero-order chi connectivity index (χ0) is 15.0. The number of nitro benzene ring substituents is 1. The fourth-order valence-electron chi connectivity index (χ4n) is 2.20. The van der Waals surface area contributed by atoms with Crippen LogP contribution in [0.2, 0.25) is 0 Å². The predicted molar refractivity (Wildman–Crippen MR) is 77.6 cm³/mol. The van der Waals surface area contributed by atoms with Crippen LogP contribution in [-0.4, -0.2) is 17.3 Å². The maximum Gasteiger partial charge on any atom is 0.294 e. The largest absolute Gasteiger partial charge is 0.294 e. The van der Waals surface area contributed by atoms with Gasteiger partial charge in [0.25, 0.3) is 15.7 Å². The molecule has 0 saturated carbocycles. The summed E-state index contributed by atoms with van der Waals surface area (Å²) in [6.45, 7) is 0. The molecule has 0 aliphatic heterocycles. The lowest BCUT2D eigenvalue weighted by Crippen LogP contribution is -2.12. The molecule has 6 nitrogen and oxygen atoms in total. The van der Waals surface area contributed by atoms with E-state index in [1.54, 1.807) is 30.3 Å². The van der Waals surface area contributed by atoms with Crippen molar-refractivity contribution in [3.05, 3.63) is 70.9 Å². The molecule has 0 fully saturated rings. The first kappa shape index (κ1) is 13.3. The number of aromatic nitrogens is 1. The Labute approximate surface area is 120 Å². The molecule has 0 spiro atoms. The standard InChI is InChI=1S/C14H10N2O4S/c17-16(18)13-8-4-5-11-9-10-15(14(11)13)21(19,20)12-6-2-1-3-7-12/h1-10H. The third kappa shape index (κ3) is 2.07. The van der Waals surface area contributed by atoms with Gasteiger partial charge in [0.1, 0.15) is 5.52 Å². The Bertz CT molecular complexity index is 930. The molecule has 0 saturated heterocycles.